The van der Waals surface area contributed by atoms with Crippen molar-refractivity contribution in [3.8, 4) is 0 Å². The molecular weight excluding hydrogens is 362 g/mol. The molecule has 6 nitrogen and oxygen atoms in total. The summed E-state index contributed by atoms with van der Waals surface area (Å²) >= 11 is 0. The predicted octanol–water partition coefficient (Wildman–Crippen LogP) is 3.02. The van der Waals surface area contributed by atoms with Crippen molar-refractivity contribution >= 4 is 5.91 Å². The van der Waals surface area contributed by atoms with E-state index in [1.54, 1.807) is 6.20 Å². The zero-order valence-corrected chi connectivity index (χ0v) is 17.6. The van der Waals surface area contributed by atoms with Crippen LogP contribution in [0, 0.1) is 12.8 Å². The van der Waals surface area contributed by atoms with E-state index in [1.807, 2.05) is 11.8 Å². The molecule has 1 aromatic heterocycles. The standard InChI is InChI=1S/C23H31N5O/c1-15(2)22-24-12-19(16(3)26-22)23(29)28-11-7-10-18(14-28)21-20(13-25-27-21)17-8-5-4-6-9-17/h4-6,8-9,12,15,18,20-21,25,27H,7,10-11,13-14H2,1-3H3. The number of aryl methyl sites for hydroxylation is 1. The molecule has 0 aliphatic carbocycles. The first-order chi connectivity index (χ1) is 14.0. The average molecular weight is 394 g/mol. The van der Waals surface area contributed by atoms with Crippen LogP contribution in [0.25, 0.3) is 0 Å². The van der Waals surface area contributed by atoms with E-state index in [2.05, 4.69) is 65.0 Å². The van der Waals surface area contributed by atoms with Crippen molar-refractivity contribution in [2.24, 2.45) is 5.92 Å². The lowest BCUT2D eigenvalue weighted by Gasteiger charge is -2.37. The van der Waals surface area contributed by atoms with E-state index in [9.17, 15) is 4.79 Å². The summed E-state index contributed by atoms with van der Waals surface area (Å²) in [4.78, 5) is 24.2. The minimum absolute atomic E-state index is 0.0599. The molecule has 0 bridgehead atoms. The van der Waals surface area contributed by atoms with Crippen LogP contribution in [0.15, 0.2) is 36.5 Å². The predicted molar refractivity (Wildman–Crippen MR) is 114 cm³/mol. The Hall–Kier alpha value is -2.31. The van der Waals surface area contributed by atoms with Crippen molar-refractivity contribution in [3.05, 3.63) is 59.2 Å². The Morgan fingerprint density at radius 1 is 1.24 bits per heavy atom. The van der Waals surface area contributed by atoms with Gasteiger partial charge in [0.25, 0.3) is 5.91 Å². The van der Waals surface area contributed by atoms with Crippen LogP contribution in [-0.2, 0) is 0 Å². The highest BCUT2D eigenvalue weighted by atomic mass is 16.2. The first kappa shape index (κ1) is 20.0. The molecule has 3 atom stereocenters. The highest BCUT2D eigenvalue weighted by molar-refractivity contribution is 5.95. The number of likely N-dealkylation sites (tertiary alicyclic amines) is 1. The van der Waals surface area contributed by atoms with Gasteiger partial charge in [0, 0.05) is 43.7 Å². The molecule has 2 saturated heterocycles. The van der Waals surface area contributed by atoms with E-state index < -0.39 is 0 Å². The fourth-order valence-electron chi connectivity index (χ4n) is 4.62. The number of aromatic nitrogens is 2. The smallest absolute Gasteiger partial charge is 0.257 e. The number of nitrogens with zero attached hydrogens (tertiary/aromatic N) is 3. The molecule has 6 heteroatoms. The Morgan fingerprint density at radius 3 is 2.76 bits per heavy atom. The van der Waals surface area contributed by atoms with Crippen molar-refractivity contribution in [1.29, 1.82) is 0 Å². The number of hydrogen-bond acceptors (Lipinski definition) is 5. The molecule has 0 radical (unpaired) electrons. The molecule has 3 heterocycles. The summed E-state index contributed by atoms with van der Waals surface area (Å²) in [5.41, 5.74) is 9.60. The molecule has 154 valence electrons. The topological polar surface area (TPSA) is 70.2 Å². The molecule has 0 spiro atoms. The van der Waals surface area contributed by atoms with E-state index in [0.29, 0.717) is 23.4 Å². The fraction of sp³-hybridized carbons (Fsp3) is 0.522. The molecule has 2 N–H and O–H groups in total. The van der Waals surface area contributed by atoms with Crippen molar-refractivity contribution < 1.29 is 4.79 Å². The molecule has 2 aliphatic rings. The highest BCUT2D eigenvalue weighted by Gasteiger charge is 2.37. The largest absolute Gasteiger partial charge is 0.338 e. The lowest BCUT2D eigenvalue weighted by atomic mass is 9.81. The molecular formula is C23H31N5O. The number of rotatable bonds is 4. The van der Waals surface area contributed by atoms with Gasteiger partial charge in [0.1, 0.15) is 5.82 Å². The Bertz CT molecular complexity index is 854. The summed E-state index contributed by atoms with van der Waals surface area (Å²) in [6.45, 7) is 8.54. The number of piperidine rings is 1. The van der Waals surface area contributed by atoms with Crippen LogP contribution in [0.4, 0.5) is 0 Å². The molecule has 3 unspecified atom stereocenters. The third kappa shape index (κ3) is 4.19. The molecule has 29 heavy (non-hydrogen) atoms. The van der Waals surface area contributed by atoms with Crippen LogP contribution in [0.1, 0.15) is 66.0 Å². The van der Waals surface area contributed by atoms with E-state index in [-0.39, 0.29) is 11.8 Å². The van der Waals surface area contributed by atoms with Crippen LogP contribution in [-0.4, -0.2) is 46.5 Å². The van der Waals surface area contributed by atoms with E-state index in [4.69, 9.17) is 0 Å². The van der Waals surface area contributed by atoms with Crippen LogP contribution < -0.4 is 10.9 Å². The van der Waals surface area contributed by atoms with Gasteiger partial charge in [0.2, 0.25) is 0 Å². The minimum atomic E-state index is 0.0599. The highest BCUT2D eigenvalue weighted by Crippen LogP contribution is 2.32. The average Bonchev–Trinajstić information content (AvgIpc) is 3.24. The van der Waals surface area contributed by atoms with Gasteiger partial charge in [0.15, 0.2) is 0 Å². The number of nitrogens with one attached hydrogen (secondary N) is 2. The summed E-state index contributed by atoms with van der Waals surface area (Å²) in [5, 5.41) is 0. The maximum Gasteiger partial charge on any atom is 0.257 e. The van der Waals surface area contributed by atoms with Gasteiger partial charge in [0.05, 0.1) is 11.3 Å². The van der Waals surface area contributed by atoms with Crippen molar-refractivity contribution in [2.75, 3.05) is 19.6 Å². The Morgan fingerprint density at radius 2 is 2.03 bits per heavy atom. The number of hydrazine groups is 1. The molecule has 1 aromatic carbocycles. The van der Waals surface area contributed by atoms with E-state index in [1.165, 1.54) is 5.56 Å². The summed E-state index contributed by atoms with van der Waals surface area (Å²) in [5.74, 6) is 1.95. The maximum atomic E-state index is 13.2. The first-order valence-electron chi connectivity index (χ1n) is 10.7. The Balaban J connectivity index is 1.49. The van der Waals surface area contributed by atoms with Gasteiger partial charge in [-0.2, -0.15) is 0 Å². The molecule has 1 amide bonds. The lowest BCUT2D eigenvalue weighted by molar-refractivity contribution is 0.0642. The molecule has 2 aromatic rings. The third-order valence-electron chi connectivity index (χ3n) is 6.25. The second-order valence-corrected chi connectivity index (χ2v) is 8.60. The molecule has 4 rings (SSSR count). The molecule has 2 fully saturated rings. The van der Waals surface area contributed by atoms with Crippen LogP contribution in [0.2, 0.25) is 0 Å². The Labute approximate surface area is 173 Å². The van der Waals surface area contributed by atoms with Gasteiger partial charge in [-0.05, 0) is 31.2 Å². The van der Waals surface area contributed by atoms with Gasteiger partial charge in [-0.1, -0.05) is 44.2 Å². The second kappa shape index (κ2) is 8.59. The molecule has 2 aliphatic heterocycles. The number of carbonyl (C=O) groups is 1. The number of amides is 1. The van der Waals surface area contributed by atoms with E-state index in [0.717, 1.165) is 44.0 Å². The zero-order chi connectivity index (χ0) is 20.4. The van der Waals surface area contributed by atoms with Gasteiger partial charge in [-0.3, -0.25) is 15.6 Å². The number of hydrogen-bond donors (Lipinski definition) is 2. The lowest BCUT2D eigenvalue weighted by Crippen LogP contribution is -2.48. The fourth-order valence-corrected chi connectivity index (χ4v) is 4.62. The first-order valence-corrected chi connectivity index (χ1v) is 10.7. The van der Waals surface area contributed by atoms with Gasteiger partial charge >= 0.3 is 0 Å². The summed E-state index contributed by atoms with van der Waals surface area (Å²) in [6, 6.07) is 11.0. The van der Waals surface area contributed by atoms with Gasteiger partial charge in [-0.15, -0.1) is 0 Å². The van der Waals surface area contributed by atoms with Crippen LogP contribution in [0.3, 0.4) is 0 Å². The quantitative estimate of drug-likeness (QED) is 0.836. The molecule has 0 saturated carbocycles. The second-order valence-electron chi connectivity index (χ2n) is 8.60. The SMILES string of the molecule is Cc1nc(C(C)C)ncc1C(=O)N1CCCC(C2NNCC2c2ccccc2)C1. The number of carbonyl (C=O) groups excluding carboxylic acids is 1. The number of benzene rings is 1. The normalized spacial score (nSPS) is 24.8. The summed E-state index contributed by atoms with van der Waals surface area (Å²) in [6.07, 6.45) is 3.88. The summed E-state index contributed by atoms with van der Waals surface area (Å²) < 4.78 is 0. The van der Waals surface area contributed by atoms with Crippen molar-refractivity contribution in [2.45, 2.75) is 51.5 Å². The zero-order valence-electron chi connectivity index (χ0n) is 17.6. The van der Waals surface area contributed by atoms with E-state index >= 15 is 0 Å². The monoisotopic (exact) mass is 393 g/mol. The van der Waals surface area contributed by atoms with Crippen molar-refractivity contribution in [3.63, 3.8) is 0 Å². The van der Waals surface area contributed by atoms with Crippen molar-refractivity contribution in [1.82, 2.24) is 25.7 Å². The summed E-state index contributed by atoms with van der Waals surface area (Å²) in [7, 11) is 0. The van der Waals surface area contributed by atoms with Crippen LogP contribution >= 0.6 is 0 Å². The van der Waals surface area contributed by atoms with Crippen LogP contribution in [0.5, 0.6) is 0 Å². The maximum absolute atomic E-state index is 13.2. The van der Waals surface area contributed by atoms with Gasteiger partial charge in [-0.25, -0.2) is 9.97 Å². The minimum Gasteiger partial charge on any atom is -0.338 e. The Kier molecular flexibility index (Phi) is 5.92. The third-order valence-corrected chi connectivity index (χ3v) is 6.25. The van der Waals surface area contributed by atoms with Gasteiger partial charge < -0.3 is 4.90 Å².